The van der Waals surface area contributed by atoms with E-state index in [1.165, 1.54) is 7.11 Å². The molecule has 1 unspecified atom stereocenters. The van der Waals surface area contributed by atoms with Crippen molar-refractivity contribution in [3.8, 4) is 0 Å². The average molecular weight is 488 g/mol. The van der Waals surface area contributed by atoms with Crippen molar-refractivity contribution >= 4 is 35.0 Å². The van der Waals surface area contributed by atoms with E-state index in [4.69, 9.17) is 9.84 Å². The monoisotopic (exact) mass is 487 g/mol. The summed E-state index contributed by atoms with van der Waals surface area (Å²) < 4.78 is 5.42. The van der Waals surface area contributed by atoms with E-state index in [9.17, 15) is 14.4 Å². The number of fused-ring (bicyclic) bond motifs is 1. The normalized spacial score (nSPS) is 13.1. The summed E-state index contributed by atoms with van der Waals surface area (Å²) in [6.45, 7) is 0.648. The number of para-hydroxylation sites is 1. The van der Waals surface area contributed by atoms with Crippen molar-refractivity contribution in [2.75, 3.05) is 29.2 Å². The molecule has 0 fully saturated rings. The highest BCUT2D eigenvalue weighted by atomic mass is 16.5. The molecule has 0 saturated heterocycles. The fourth-order valence-electron chi connectivity index (χ4n) is 4.33. The van der Waals surface area contributed by atoms with E-state index in [0.717, 1.165) is 28.8 Å². The van der Waals surface area contributed by atoms with Crippen molar-refractivity contribution in [1.29, 1.82) is 0 Å². The Morgan fingerprint density at radius 3 is 2.50 bits per heavy atom. The molecule has 1 heterocycles. The van der Waals surface area contributed by atoms with Gasteiger partial charge >= 0.3 is 12.0 Å². The first-order valence-electron chi connectivity index (χ1n) is 11.8. The Balaban J connectivity index is 1.31. The van der Waals surface area contributed by atoms with E-state index in [-0.39, 0.29) is 30.9 Å². The summed E-state index contributed by atoms with van der Waals surface area (Å²) in [6.07, 6.45) is 0.988. The number of hydrogen-bond acceptors (Lipinski definition) is 4. The van der Waals surface area contributed by atoms with Crippen LogP contribution in [0, 0.1) is 0 Å². The van der Waals surface area contributed by atoms with E-state index < -0.39 is 5.97 Å². The van der Waals surface area contributed by atoms with E-state index in [1.54, 1.807) is 35.2 Å². The second-order valence-electron chi connectivity index (χ2n) is 8.66. The number of carbonyl (C=O) groups is 3. The topological polar surface area (TPSA) is 108 Å². The fourth-order valence-corrected chi connectivity index (χ4v) is 4.33. The minimum Gasteiger partial charge on any atom is -0.481 e. The maximum atomic E-state index is 12.7. The van der Waals surface area contributed by atoms with Crippen LogP contribution in [0.15, 0.2) is 72.8 Å². The zero-order valence-corrected chi connectivity index (χ0v) is 20.1. The van der Waals surface area contributed by atoms with E-state index in [2.05, 4.69) is 10.6 Å². The van der Waals surface area contributed by atoms with Crippen LogP contribution >= 0.6 is 0 Å². The largest absolute Gasteiger partial charge is 0.481 e. The minimum absolute atomic E-state index is 0.00311. The van der Waals surface area contributed by atoms with Gasteiger partial charge in [0.2, 0.25) is 5.91 Å². The lowest BCUT2D eigenvalue weighted by atomic mass is 10.0. The molecule has 4 rings (SSSR count). The molecular weight excluding hydrogens is 458 g/mol. The number of methoxy groups -OCH3 is 1. The van der Waals surface area contributed by atoms with Crippen molar-refractivity contribution in [2.24, 2.45) is 0 Å². The van der Waals surface area contributed by atoms with Crippen LogP contribution in [0.5, 0.6) is 0 Å². The van der Waals surface area contributed by atoms with Gasteiger partial charge in [-0.3, -0.25) is 14.5 Å². The Morgan fingerprint density at radius 2 is 1.75 bits per heavy atom. The zero-order valence-electron chi connectivity index (χ0n) is 20.1. The number of hydrogen-bond donors (Lipinski definition) is 3. The lowest BCUT2D eigenvalue weighted by molar-refractivity contribution is -0.137. The van der Waals surface area contributed by atoms with Crippen molar-refractivity contribution in [1.82, 2.24) is 0 Å². The highest BCUT2D eigenvalue weighted by molar-refractivity contribution is 6.03. The lowest BCUT2D eigenvalue weighted by Gasteiger charge is -2.18. The first-order chi connectivity index (χ1) is 17.4. The number of benzene rings is 3. The summed E-state index contributed by atoms with van der Waals surface area (Å²) in [5.41, 5.74) is 4.99. The molecule has 186 valence electrons. The van der Waals surface area contributed by atoms with Crippen LogP contribution in [-0.4, -0.2) is 36.7 Å². The molecule has 1 aliphatic heterocycles. The molecule has 0 aliphatic carbocycles. The van der Waals surface area contributed by atoms with Crippen molar-refractivity contribution < 1.29 is 24.2 Å². The standard InChI is InChI=1S/C28H29N3O5/c1-36-25(13-14-27(33)34)21-6-4-7-23(18-21)29-26(32)17-19-9-11-22(12-10-19)30-28(35)31-16-15-20-5-2-3-8-24(20)31/h2-12,18,25H,13-17H2,1H3,(H,29,32)(H,30,35)(H,33,34). The Hall–Kier alpha value is -4.17. The van der Waals surface area contributed by atoms with Crippen LogP contribution in [-0.2, 0) is 27.2 Å². The molecule has 0 radical (unpaired) electrons. The molecule has 3 N–H and O–H groups in total. The first kappa shape index (κ1) is 24.9. The van der Waals surface area contributed by atoms with Crippen molar-refractivity contribution in [3.05, 3.63) is 89.5 Å². The second-order valence-corrected chi connectivity index (χ2v) is 8.66. The Labute approximate surface area is 209 Å². The number of nitrogens with one attached hydrogen (secondary N) is 2. The number of anilines is 3. The third-order valence-electron chi connectivity index (χ3n) is 6.15. The third kappa shape index (κ3) is 6.28. The predicted octanol–water partition coefficient (Wildman–Crippen LogP) is 5.01. The first-order valence-corrected chi connectivity index (χ1v) is 11.8. The fraction of sp³-hybridized carbons (Fsp3) is 0.250. The van der Waals surface area contributed by atoms with Gasteiger partial charge in [0.1, 0.15) is 0 Å². The van der Waals surface area contributed by atoms with Crippen LogP contribution in [0.4, 0.5) is 21.9 Å². The molecule has 0 saturated carbocycles. The maximum absolute atomic E-state index is 12.7. The Kier molecular flexibility index (Phi) is 7.97. The summed E-state index contributed by atoms with van der Waals surface area (Å²) in [4.78, 5) is 37.9. The van der Waals surface area contributed by atoms with E-state index in [1.807, 2.05) is 42.5 Å². The van der Waals surface area contributed by atoms with Gasteiger partial charge in [-0.05, 0) is 59.9 Å². The van der Waals surface area contributed by atoms with Gasteiger partial charge in [0.15, 0.2) is 0 Å². The summed E-state index contributed by atoms with van der Waals surface area (Å²) in [5.74, 6) is -1.06. The van der Waals surface area contributed by atoms with Crippen molar-refractivity contribution in [3.63, 3.8) is 0 Å². The molecule has 0 bridgehead atoms. The van der Waals surface area contributed by atoms with Gasteiger partial charge in [0.25, 0.3) is 0 Å². The van der Waals surface area contributed by atoms with Gasteiger partial charge in [-0.2, -0.15) is 0 Å². The summed E-state index contributed by atoms with van der Waals surface area (Å²) in [6, 6.07) is 22.1. The SMILES string of the molecule is COC(CCC(=O)O)c1cccc(NC(=O)Cc2ccc(NC(=O)N3CCc4ccccc43)cc2)c1. The quantitative estimate of drug-likeness (QED) is 0.393. The molecular formula is C28H29N3O5. The average Bonchev–Trinajstić information content (AvgIpc) is 3.30. The van der Waals surface area contributed by atoms with Crippen LogP contribution < -0.4 is 15.5 Å². The molecule has 36 heavy (non-hydrogen) atoms. The van der Waals surface area contributed by atoms with Crippen LogP contribution in [0.1, 0.15) is 35.6 Å². The number of nitrogens with zero attached hydrogens (tertiary/aromatic N) is 1. The molecule has 1 atom stereocenters. The number of ether oxygens (including phenoxy) is 1. The summed E-state index contributed by atoms with van der Waals surface area (Å²) >= 11 is 0. The van der Waals surface area contributed by atoms with Crippen molar-refractivity contribution in [2.45, 2.75) is 31.8 Å². The van der Waals surface area contributed by atoms with E-state index in [0.29, 0.717) is 24.3 Å². The predicted molar refractivity (Wildman–Crippen MR) is 138 cm³/mol. The molecule has 3 aromatic rings. The molecule has 8 heteroatoms. The maximum Gasteiger partial charge on any atom is 0.326 e. The summed E-state index contributed by atoms with van der Waals surface area (Å²) in [5, 5.41) is 14.7. The number of carbonyl (C=O) groups excluding carboxylic acids is 2. The highest BCUT2D eigenvalue weighted by Crippen LogP contribution is 2.28. The van der Waals surface area contributed by atoms with E-state index >= 15 is 0 Å². The third-order valence-corrected chi connectivity index (χ3v) is 6.15. The highest BCUT2D eigenvalue weighted by Gasteiger charge is 2.24. The number of carboxylic acid groups (broad SMARTS) is 1. The lowest BCUT2D eigenvalue weighted by Crippen LogP contribution is -2.33. The van der Waals surface area contributed by atoms with Crippen LogP contribution in [0.3, 0.4) is 0 Å². The number of amides is 3. The van der Waals surface area contributed by atoms with Gasteiger partial charge in [0, 0.05) is 37.1 Å². The molecule has 3 aromatic carbocycles. The molecule has 1 aliphatic rings. The minimum atomic E-state index is -0.881. The Bertz CT molecular complexity index is 1240. The number of aliphatic carboxylic acids is 1. The molecule has 0 aromatic heterocycles. The van der Waals surface area contributed by atoms with Gasteiger partial charge in [-0.25, -0.2) is 4.79 Å². The Morgan fingerprint density at radius 1 is 0.972 bits per heavy atom. The van der Waals surface area contributed by atoms with Gasteiger partial charge < -0.3 is 20.5 Å². The zero-order chi connectivity index (χ0) is 25.5. The molecule has 0 spiro atoms. The van der Waals surface area contributed by atoms with Gasteiger partial charge in [-0.15, -0.1) is 0 Å². The molecule has 8 nitrogen and oxygen atoms in total. The number of carboxylic acids is 1. The number of rotatable bonds is 9. The second kappa shape index (κ2) is 11.5. The van der Waals surface area contributed by atoms with Crippen LogP contribution in [0.2, 0.25) is 0 Å². The number of urea groups is 1. The van der Waals surface area contributed by atoms with Gasteiger partial charge in [-0.1, -0.05) is 42.5 Å². The smallest absolute Gasteiger partial charge is 0.326 e. The van der Waals surface area contributed by atoms with Crippen LogP contribution in [0.25, 0.3) is 0 Å². The summed E-state index contributed by atoms with van der Waals surface area (Å²) in [7, 11) is 1.54. The van der Waals surface area contributed by atoms with Gasteiger partial charge in [0.05, 0.1) is 12.5 Å². The molecule has 3 amide bonds.